The Morgan fingerprint density at radius 2 is 0.782 bits per heavy atom. The lowest BCUT2D eigenvalue weighted by Gasteiger charge is -2.44. The van der Waals surface area contributed by atoms with Gasteiger partial charge >= 0.3 is 23.9 Å². The maximum absolute atomic E-state index is 13.0. The third-order valence-electron chi connectivity index (χ3n) is 24.1. The summed E-state index contributed by atoms with van der Waals surface area (Å²) in [5.41, 5.74) is 0.477. The minimum Gasteiger partial charge on any atom is -0.465 e. The molecule has 8 aliphatic rings. The molecule has 7 fully saturated rings. The minimum absolute atomic E-state index is 0.00307. The van der Waals surface area contributed by atoms with E-state index in [2.05, 4.69) is 20.4 Å². The molecule has 8 rings (SSSR count). The number of ether oxygens (including phenoxy) is 4. The van der Waals surface area contributed by atoms with Crippen LogP contribution in [0.25, 0.3) is 0 Å². The van der Waals surface area contributed by atoms with Crippen LogP contribution in [0.3, 0.4) is 0 Å². The molecule has 1 heterocycles. The molecule has 2 amide bonds. The zero-order chi connectivity index (χ0) is 61.3. The van der Waals surface area contributed by atoms with Crippen molar-refractivity contribution in [2.24, 2.45) is 94.7 Å². The Morgan fingerprint density at radius 1 is 0.414 bits per heavy atom. The summed E-state index contributed by atoms with van der Waals surface area (Å²) in [6, 6.07) is 0. The van der Waals surface area contributed by atoms with Crippen molar-refractivity contribution in [2.75, 3.05) is 33.0 Å². The van der Waals surface area contributed by atoms with Crippen LogP contribution < -0.4 is 0 Å². The van der Waals surface area contributed by atoms with Crippen LogP contribution in [-0.4, -0.2) is 73.6 Å². The van der Waals surface area contributed by atoms with Crippen molar-refractivity contribution in [1.29, 1.82) is 0 Å². The normalized spacial score (nSPS) is 31.0. The summed E-state index contributed by atoms with van der Waals surface area (Å²) in [4.78, 5) is 75.3. The Labute approximate surface area is 528 Å². The highest BCUT2D eigenvalue weighted by atomic mass is 16.5. The highest BCUT2D eigenvalue weighted by molar-refractivity contribution is 6.12. The van der Waals surface area contributed by atoms with E-state index in [1.54, 1.807) is 6.92 Å². The molecular formula is C76H123NO10. The highest BCUT2D eigenvalue weighted by Gasteiger charge is 2.57. The molecule has 7 aliphatic carbocycles. The Morgan fingerprint density at radius 3 is 1.23 bits per heavy atom. The van der Waals surface area contributed by atoms with E-state index in [4.69, 9.17) is 18.9 Å². The number of nitrogens with zero attached hydrogens (tertiary/aromatic N) is 1. The van der Waals surface area contributed by atoms with E-state index < -0.39 is 0 Å². The summed E-state index contributed by atoms with van der Waals surface area (Å²) in [5.74, 6) is 10.1. The Hall–Kier alpha value is -3.50. The first-order chi connectivity index (χ1) is 42.4. The molecule has 0 aromatic rings. The molecule has 11 heteroatoms. The van der Waals surface area contributed by atoms with Gasteiger partial charge in [-0.05, 0) is 204 Å². The maximum Gasteiger partial charge on any atom is 0.333 e. The van der Waals surface area contributed by atoms with Crippen LogP contribution in [0, 0.1) is 94.7 Å². The molecular weight excluding hydrogens is 1090 g/mol. The highest BCUT2D eigenvalue weighted by Crippen LogP contribution is 2.63. The molecule has 87 heavy (non-hydrogen) atoms. The van der Waals surface area contributed by atoms with Gasteiger partial charge in [0.2, 0.25) is 0 Å². The van der Waals surface area contributed by atoms with Crippen LogP contribution >= 0.6 is 0 Å². The molecule has 0 aromatic carbocycles. The second-order valence-corrected chi connectivity index (χ2v) is 30.2. The average molecular weight is 1210 g/mol. The number of hydrogen-bond acceptors (Lipinski definition) is 10. The molecule has 0 aromatic heterocycles. The first-order valence-corrected chi connectivity index (χ1v) is 37.2. The van der Waals surface area contributed by atoms with Crippen molar-refractivity contribution < 1.29 is 47.7 Å². The third-order valence-corrected chi connectivity index (χ3v) is 24.1. The average Bonchev–Trinajstić information content (AvgIpc) is 1.67. The molecule has 4 bridgehead atoms. The van der Waals surface area contributed by atoms with Gasteiger partial charge in [0.25, 0.3) is 11.8 Å². The van der Waals surface area contributed by atoms with Crippen LogP contribution in [0.2, 0.25) is 0 Å². The summed E-state index contributed by atoms with van der Waals surface area (Å²) < 4.78 is 23.3. The summed E-state index contributed by atoms with van der Waals surface area (Å²) in [7, 11) is 0. The molecule has 14 unspecified atom stereocenters. The van der Waals surface area contributed by atoms with Gasteiger partial charge in [0.1, 0.15) is 0 Å². The molecule has 0 radical (unpaired) electrons. The number of carbonyl (C=O) groups excluding carboxylic acids is 6. The molecule has 7 saturated carbocycles. The topological polar surface area (TPSA) is 143 Å². The minimum atomic E-state index is -0.263. The second kappa shape index (κ2) is 37.1. The largest absolute Gasteiger partial charge is 0.465 e. The van der Waals surface area contributed by atoms with Crippen molar-refractivity contribution in [2.45, 2.75) is 290 Å². The fourth-order valence-corrected chi connectivity index (χ4v) is 19.7. The maximum atomic E-state index is 13.0. The van der Waals surface area contributed by atoms with Gasteiger partial charge in [0.05, 0.1) is 26.4 Å². The van der Waals surface area contributed by atoms with E-state index >= 15 is 0 Å². The zero-order valence-electron chi connectivity index (χ0n) is 55.4. The molecule has 492 valence electrons. The number of fused-ring (bicyclic) bond motifs is 10. The van der Waals surface area contributed by atoms with Crippen LogP contribution in [0.15, 0.2) is 24.3 Å². The number of esters is 4. The smallest absolute Gasteiger partial charge is 0.333 e. The summed E-state index contributed by atoms with van der Waals surface area (Å²) in [6.07, 6.45) is 52.6. The predicted molar refractivity (Wildman–Crippen MR) is 346 cm³/mol. The molecule has 1 aliphatic heterocycles. The van der Waals surface area contributed by atoms with Gasteiger partial charge in [-0.2, -0.15) is 0 Å². The summed E-state index contributed by atoms with van der Waals surface area (Å²) in [6.45, 7) is 12.7. The van der Waals surface area contributed by atoms with Gasteiger partial charge in [0, 0.05) is 43.5 Å². The lowest BCUT2D eigenvalue weighted by molar-refractivity contribution is -0.146. The second-order valence-electron chi connectivity index (χ2n) is 30.2. The SMILES string of the molecule is C=C(C)C(=O)OCC1CC2CC1C1CC(COC(=O)CCCCCCCCC3C(CCCCCC)CCC(CCCCCCCC)C3CCCCCCCCC(=O)OCC3CC4CC3C3CC(COC(=O)CCCCCN5C(=O)C=CC5=O)C[C@H]43)C[C@H]21. The Bertz CT molecular complexity index is 2150. The van der Waals surface area contributed by atoms with Crippen molar-refractivity contribution in [3.63, 3.8) is 0 Å². The fourth-order valence-electron chi connectivity index (χ4n) is 19.7. The van der Waals surface area contributed by atoms with Gasteiger partial charge in [-0.1, -0.05) is 168 Å². The molecule has 0 N–H and O–H groups in total. The predicted octanol–water partition coefficient (Wildman–Crippen LogP) is 18.0. The quantitative estimate of drug-likeness (QED) is 0.0190. The van der Waals surface area contributed by atoms with E-state index in [1.165, 1.54) is 203 Å². The van der Waals surface area contributed by atoms with Crippen molar-refractivity contribution in [3.8, 4) is 0 Å². The van der Waals surface area contributed by atoms with Crippen LogP contribution in [0.4, 0.5) is 0 Å². The first-order valence-electron chi connectivity index (χ1n) is 37.2. The van der Waals surface area contributed by atoms with E-state index in [1.807, 2.05) is 0 Å². The fraction of sp³-hybridized carbons (Fsp3) is 0.868. The summed E-state index contributed by atoms with van der Waals surface area (Å²) >= 11 is 0. The van der Waals surface area contributed by atoms with Gasteiger partial charge in [-0.15, -0.1) is 0 Å². The molecule has 11 nitrogen and oxygen atoms in total. The summed E-state index contributed by atoms with van der Waals surface area (Å²) in [5, 5.41) is 0. The van der Waals surface area contributed by atoms with E-state index in [-0.39, 0.29) is 35.7 Å². The van der Waals surface area contributed by atoms with Crippen molar-refractivity contribution >= 4 is 35.7 Å². The van der Waals surface area contributed by atoms with Gasteiger partial charge in [0.15, 0.2) is 0 Å². The van der Waals surface area contributed by atoms with Crippen molar-refractivity contribution in [3.05, 3.63) is 24.3 Å². The molecule has 0 saturated heterocycles. The van der Waals surface area contributed by atoms with E-state index in [0.29, 0.717) is 124 Å². The number of imide groups is 1. The number of unbranched alkanes of at least 4 members (excludes halogenated alkanes) is 20. The Kier molecular flexibility index (Phi) is 29.6. The van der Waals surface area contributed by atoms with Crippen LogP contribution in [0.1, 0.15) is 290 Å². The lowest BCUT2D eigenvalue weighted by atomic mass is 9.61. The first kappa shape index (κ1) is 69.4. The van der Waals surface area contributed by atoms with E-state index in [9.17, 15) is 28.8 Å². The van der Waals surface area contributed by atoms with Gasteiger partial charge in [-0.25, -0.2) is 4.79 Å². The number of carbonyl (C=O) groups is 6. The molecule has 0 spiro atoms. The monoisotopic (exact) mass is 1210 g/mol. The van der Waals surface area contributed by atoms with E-state index in [0.717, 1.165) is 92.8 Å². The third kappa shape index (κ3) is 21.3. The van der Waals surface area contributed by atoms with Gasteiger partial charge < -0.3 is 18.9 Å². The number of hydrogen-bond donors (Lipinski definition) is 0. The standard InChI is InChI=1S/C76H123NO10/c1-5-7-9-11-16-23-31-58-38-37-57(30-22-10-8-6-2)63(32-24-17-12-14-19-26-34-73(80)84-50-56-43-66-60-47-62(53-87-76(83)54(3)4)68(49-60)70(66)45-56)64(58)33-25-18-13-15-20-27-35-75(82)86-52-61-46-59-48-67(61)69-44-55(42-65(59)69)51-85-74(81)36-28-21-29-41-77-71(78)39-40-72(77)79/h39-40,55-70H,3,5-38,41-53H2,1-2,4H3/t55?,56?,57?,58?,59?,60?,61?,62?,63?,64?,65-,66-,67?,68?,69?,70?/m1/s1. The number of amides is 2. The zero-order valence-corrected chi connectivity index (χ0v) is 55.4. The Balaban J connectivity index is 0.675. The van der Waals surface area contributed by atoms with Crippen molar-refractivity contribution in [1.82, 2.24) is 4.90 Å². The van der Waals surface area contributed by atoms with Gasteiger partial charge in [-0.3, -0.25) is 28.9 Å². The molecule has 16 atom stereocenters. The van der Waals surface area contributed by atoms with Crippen LogP contribution in [0.5, 0.6) is 0 Å². The number of rotatable bonds is 45. The van der Waals surface area contributed by atoms with Crippen LogP contribution in [-0.2, 0) is 47.7 Å². The lowest BCUT2D eigenvalue weighted by Crippen LogP contribution is -2.35.